The summed E-state index contributed by atoms with van der Waals surface area (Å²) in [5.41, 5.74) is 2.17. The van der Waals surface area contributed by atoms with Gasteiger partial charge in [-0.3, -0.25) is 4.79 Å². The summed E-state index contributed by atoms with van der Waals surface area (Å²) in [6.07, 6.45) is 11.3. The van der Waals surface area contributed by atoms with Crippen molar-refractivity contribution in [2.24, 2.45) is 5.92 Å². The molecule has 1 aromatic heterocycles. The number of aromatic nitrogens is 1. The third kappa shape index (κ3) is 10.8. The lowest BCUT2D eigenvalue weighted by Gasteiger charge is -2.01. The fourth-order valence-corrected chi connectivity index (χ4v) is 3.54. The number of hydrogen-bond donors (Lipinski definition) is 1. The number of nitrogens with zero attached hydrogens (tertiary/aromatic N) is 1. The van der Waals surface area contributed by atoms with Crippen LogP contribution in [0.1, 0.15) is 51.0 Å². The van der Waals surface area contributed by atoms with E-state index in [0.717, 1.165) is 52.5 Å². The maximum atomic E-state index is 11.6. The second-order valence-electron chi connectivity index (χ2n) is 7.06. The minimum atomic E-state index is 0.108. The van der Waals surface area contributed by atoms with Crippen LogP contribution in [0.3, 0.4) is 0 Å². The molecule has 1 aromatic carbocycles. The number of methoxy groups -OCH3 is 1. The molecule has 0 radical (unpaired) electrons. The number of carbonyl (C=O) groups is 1. The Morgan fingerprint density at radius 3 is 2.53 bits per heavy atom. The number of thiazole rings is 1. The molecule has 3 rings (SSSR count). The number of ether oxygens (including phenoxy) is 1. The molecule has 1 fully saturated rings. The van der Waals surface area contributed by atoms with Gasteiger partial charge >= 0.3 is 0 Å². The molecule has 0 aliphatic heterocycles. The Morgan fingerprint density at radius 1 is 1.28 bits per heavy atom. The molecule has 0 bridgehead atoms. The predicted molar refractivity (Wildman–Crippen MR) is 138 cm³/mol. The van der Waals surface area contributed by atoms with Gasteiger partial charge in [-0.2, -0.15) is 0 Å². The molecule has 2 aromatic rings. The normalized spacial score (nSPS) is 12.9. The van der Waals surface area contributed by atoms with Gasteiger partial charge in [-0.15, -0.1) is 11.3 Å². The third-order valence-corrected chi connectivity index (χ3v) is 5.72. The van der Waals surface area contributed by atoms with Gasteiger partial charge < -0.3 is 10.1 Å². The van der Waals surface area contributed by atoms with Crippen molar-refractivity contribution >= 4 is 34.0 Å². The monoisotopic (exact) mass is 474 g/mol. The highest BCUT2D eigenvalue weighted by Gasteiger charge is 2.30. The van der Waals surface area contributed by atoms with Crippen molar-refractivity contribution in [3.63, 3.8) is 0 Å². The van der Waals surface area contributed by atoms with Gasteiger partial charge in [0.05, 0.1) is 7.11 Å². The summed E-state index contributed by atoms with van der Waals surface area (Å²) in [5.74, 6) is 1.19. The largest absolute Gasteiger partial charge is 0.497 e. The predicted octanol–water partition coefficient (Wildman–Crippen LogP) is 7.63. The van der Waals surface area contributed by atoms with Gasteiger partial charge in [-0.05, 0) is 63.3 Å². The van der Waals surface area contributed by atoms with Crippen molar-refractivity contribution in [2.75, 3.05) is 12.4 Å². The second-order valence-corrected chi connectivity index (χ2v) is 8.58. The molecule has 1 saturated carbocycles. The Balaban J connectivity index is 0.000000364. The van der Waals surface area contributed by atoms with Crippen LogP contribution in [0.15, 0.2) is 66.6 Å². The fraction of sp³-hybridized carbons (Fsp3) is 0.385. The maximum Gasteiger partial charge on any atom is 0.229 e. The molecule has 0 unspecified atom stereocenters. The molecule has 0 spiro atoms. The minimum absolute atomic E-state index is 0.108. The van der Waals surface area contributed by atoms with E-state index >= 15 is 0 Å². The number of carbonyl (C=O) groups excluding carboxylic acids is 1. The van der Waals surface area contributed by atoms with Crippen molar-refractivity contribution in [3.8, 4) is 0 Å². The molecular weight excluding hydrogens is 440 g/mol. The number of aryl methyl sites for hydroxylation is 2. The number of rotatable bonds is 8. The van der Waals surface area contributed by atoms with Crippen LogP contribution in [0, 0.1) is 5.92 Å². The van der Waals surface area contributed by atoms with Crippen LogP contribution in [0.4, 0.5) is 5.13 Å². The summed E-state index contributed by atoms with van der Waals surface area (Å²) >= 11 is 7.68. The Bertz CT molecular complexity index is 914. The Hall–Kier alpha value is -2.37. The molecule has 6 heteroatoms. The molecule has 174 valence electrons. The molecule has 32 heavy (non-hydrogen) atoms. The molecule has 1 aliphatic rings. The minimum Gasteiger partial charge on any atom is -0.497 e. The van der Waals surface area contributed by atoms with E-state index in [2.05, 4.69) is 16.9 Å². The number of allylic oxidation sites excluding steroid dienone is 4. The first-order chi connectivity index (χ1) is 15.4. The van der Waals surface area contributed by atoms with Crippen LogP contribution in [-0.2, 0) is 22.4 Å². The molecule has 0 saturated heterocycles. The smallest absolute Gasteiger partial charge is 0.229 e. The van der Waals surface area contributed by atoms with Gasteiger partial charge in [0.1, 0.15) is 5.76 Å². The quantitative estimate of drug-likeness (QED) is 0.316. The van der Waals surface area contributed by atoms with Gasteiger partial charge in [0, 0.05) is 22.0 Å². The van der Waals surface area contributed by atoms with Crippen LogP contribution >= 0.6 is 22.9 Å². The first-order valence-electron chi connectivity index (χ1n) is 11.0. The highest BCUT2D eigenvalue weighted by molar-refractivity contribution is 7.15. The maximum absolute atomic E-state index is 11.6. The zero-order valence-corrected chi connectivity index (χ0v) is 21.4. The number of nitrogens with one attached hydrogen (secondary N) is 1. The average molecular weight is 475 g/mol. The van der Waals surface area contributed by atoms with Crippen LogP contribution < -0.4 is 5.32 Å². The van der Waals surface area contributed by atoms with E-state index in [0.29, 0.717) is 5.13 Å². The number of hydrogen-bond acceptors (Lipinski definition) is 4. The molecule has 1 heterocycles. The topological polar surface area (TPSA) is 51.2 Å². The average Bonchev–Trinajstić information content (AvgIpc) is 3.56. The molecular formula is C26H35ClN2O2S. The van der Waals surface area contributed by atoms with E-state index in [9.17, 15) is 4.79 Å². The zero-order valence-electron chi connectivity index (χ0n) is 19.8. The van der Waals surface area contributed by atoms with Gasteiger partial charge in [-0.1, -0.05) is 61.9 Å². The van der Waals surface area contributed by atoms with Gasteiger partial charge in [0.15, 0.2) is 5.13 Å². The number of anilines is 1. The number of benzene rings is 1. The zero-order chi connectivity index (χ0) is 23.9. The summed E-state index contributed by atoms with van der Waals surface area (Å²) in [7, 11) is 1.65. The lowest BCUT2D eigenvalue weighted by atomic mass is 10.1. The van der Waals surface area contributed by atoms with Crippen molar-refractivity contribution in [1.29, 1.82) is 0 Å². The highest BCUT2D eigenvalue weighted by atomic mass is 35.5. The summed E-state index contributed by atoms with van der Waals surface area (Å²) < 4.78 is 4.98. The number of halogens is 1. The SMILES string of the molecule is C=C(C)/C=C\C(=C/C)OC.CC.O=C(Nc1ncc(CCc2ccccc2Cl)s1)C1CC1. The van der Waals surface area contributed by atoms with E-state index in [-0.39, 0.29) is 11.8 Å². The second kappa shape index (κ2) is 15.4. The van der Waals surface area contributed by atoms with Crippen LogP contribution in [-0.4, -0.2) is 18.0 Å². The summed E-state index contributed by atoms with van der Waals surface area (Å²) in [5, 5.41) is 4.39. The van der Waals surface area contributed by atoms with Gasteiger partial charge in [-0.25, -0.2) is 4.98 Å². The fourth-order valence-electron chi connectivity index (χ4n) is 2.50. The van der Waals surface area contributed by atoms with E-state index in [1.807, 2.05) is 76.4 Å². The molecule has 4 nitrogen and oxygen atoms in total. The first-order valence-corrected chi connectivity index (χ1v) is 12.1. The molecule has 0 atom stereocenters. The van der Waals surface area contributed by atoms with Gasteiger partial charge in [0.25, 0.3) is 0 Å². The summed E-state index contributed by atoms with van der Waals surface area (Å²) in [4.78, 5) is 17.1. The van der Waals surface area contributed by atoms with Crippen molar-refractivity contribution in [3.05, 3.63) is 82.1 Å². The van der Waals surface area contributed by atoms with Crippen molar-refractivity contribution in [1.82, 2.24) is 4.98 Å². The van der Waals surface area contributed by atoms with E-state index in [1.165, 1.54) is 0 Å². The van der Waals surface area contributed by atoms with Crippen LogP contribution in [0.2, 0.25) is 5.02 Å². The van der Waals surface area contributed by atoms with E-state index < -0.39 is 0 Å². The highest BCUT2D eigenvalue weighted by Crippen LogP contribution is 2.31. The van der Waals surface area contributed by atoms with Crippen molar-refractivity contribution in [2.45, 2.75) is 53.4 Å². The molecule has 1 amide bonds. The summed E-state index contributed by atoms with van der Waals surface area (Å²) in [6, 6.07) is 7.88. The van der Waals surface area contributed by atoms with Crippen molar-refractivity contribution < 1.29 is 9.53 Å². The van der Waals surface area contributed by atoms with Crippen LogP contribution in [0.5, 0.6) is 0 Å². The Kier molecular flexibility index (Phi) is 13.3. The first kappa shape index (κ1) is 27.7. The molecule has 1 N–H and O–H groups in total. The summed E-state index contributed by atoms with van der Waals surface area (Å²) in [6.45, 7) is 11.6. The van der Waals surface area contributed by atoms with E-state index in [4.69, 9.17) is 16.3 Å². The lowest BCUT2D eigenvalue weighted by Crippen LogP contribution is -2.12. The standard InChI is InChI=1S/C15H15ClN2OS.C9H14O.C2H6/c16-13-4-2-1-3-10(13)7-8-12-9-17-15(20-12)18-14(19)11-5-6-11;1-5-9(10-4)7-6-8(2)3;1-2/h1-4,9,11H,5-8H2,(H,17,18,19);5-7H,2H2,1,3-4H3;1-2H3/b;7-6-,9-5+;. The Morgan fingerprint density at radius 2 is 1.97 bits per heavy atom. The van der Waals surface area contributed by atoms with Gasteiger partial charge in [0.2, 0.25) is 5.91 Å². The van der Waals surface area contributed by atoms with Crippen LogP contribution in [0.25, 0.3) is 0 Å². The third-order valence-electron chi connectivity index (χ3n) is 4.38. The number of amides is 1. The Labute approximate surface area is 202 Å². The molecule has 1 aliphatic carbocycles. The lowest BCUT2D eigenvalue weighted by molar-refractivity contribution is -0.117. The van der Waals surface area contributed by atoms with E-state index in [1.54, 1.807) is 18.4 Å².